The number of aliphatic carboxylic acids is 8. The first-order chi connectivity index (χ1) is 17.4. The molecule has 24 nitrogen and oxygen atoms in total. The zero-order valence-electron chi connectivity index (χ0n) is 21.4. The van der Waals surface area contributed by atoms with Crippen LogP contribution in [-0.2, 0) is 95.0 Å². The molecule has 0 aliphatic carbocycles. The number of nitrogens with two attached hydrogens (primary N) is 2. The molecular weight excluding hydrogens is 696 g/mol. The number of rotatable bonds is 0. The molecule has 2 heterocycles. The Morgan fingerprint density at radius 1 is 0.432 bits per heavy atom. The van der Waals surface area contributed by atoms with Crippen molar-refractivity contribution < 1.29 is 146 Å². The second-order valence-corrected chi connectivity index (χ2v) is 4.97. The Morgan fingerprint density at radius 2 is 0.591 bits per heavy atom. The second-order valence-electron chi connectivity index (χ2n) is 4.97. The van der Waals surface area contributed by atoms with Crippen LogP contribution in [0.5, 0.6) is 0 Å². The van der Waals surface area contributed by atoms with Gasteiger partial charge in [-0.1, -0.05) is 0 Å². The first kappa shape index (κ1) is 66.7. The maximum Gasteiger partial charge on any atom is 3.00 e. The molecule has 0 unspecified atom stereocenters. The number of carboxylic acids is 8. The zero-order valence-corrected chi connectivity index (χ0v) is 24.0. The summed E-state index contributed by atoms with van der Waals surface area (Å²) in [6.45, 7) is 0. The largest absolute Gasteiger partial charge is 3.00 e. The first-order valence-corrected chi connectivity index (χ1v) is 8.49. The number of carboxylic acid groups (broad SMARTS) is 8. The molecule has 26 heteroatoms. The molecule has 44 heavy (non-hydrogen) atoms. The van der Waals surface area contributed by atoms with E-state index in [0.717, 1.165) is 11.4 Å². The summed E-state index contributed by atoms with van der Waals surface area (Å²) in [6, 6.07) is 7.37. The standard InChI is InChI=1S/2C5H6N2.4C2H2O4.2Cr.4H2O/c2*6-5-2-1-3-7-4-5;4*3-1(4)2(5)6;;;;;;/h2*1-4H,6H2;4*(H,3,4)(H,5,6);;;4*1H2/q;;;;;;2*+3;;;;/p-2. The van der Waals surface area contributed by atoms with Crippen LogP contribution in [0.25, 0.3) is 0 Å². The summed E-state index contributed by atoms with van der Waals surface area (Å²) in [5, 5.41) is 71.4. The van der Waals surface area contributed by atoms with E-state index in [1.54, 1.807) is 12.4 Å². The predicted molar refractivity (Wildman–Crippen MR) is 114 cm³/mol. The van der Waals surface area contributed by atoms with E-state index in [4.69, 9.17) is 90.7 Å². The molecule has 0 amide bonds. The van der Waals surface area contributed by atoms with Crippen molar-refractivity contribution in [1.29, 1.82) is 0 Å². The van der Waals surface area contributed by atoms with E-state index in [9.17, 15) is 0 Å². The Morgan fingerprint density at radius 3 is 0.636 bits per heavy atom. The summed E-state index contributed by atoms with van der Waals surface area (Å²) in [7, 11) is 0. The number of hydrogen-bond acceptors (Lipinski definition) is 18. The molecule has 2 rings (SSSR count). The SMILES string of the molecule is Nc1ccc[nH+]c1.Nc1ccc[nH+]c1.O=C([O-])C(=O)[O-].O=C([O-])C(=O)[O-].O=C([O-])C(=O)[O-].O=C([O-])C(=O)[O-].[Cr+3].[Cr+3].[OH3+].[OH3+].[OH3+].[OH3+]. The van der Waals surface area contributed by atoms with Crippen molar-refractivity contribution in [3.63, 3.8) is 0 Å². The minimum atomic E-state index is -2.19. The number of aromatic amines is 2. The monoisotopic (exact) mass is 722 g/mol. The van der Waals surface area contributed by atoms with Crippen molar-refractivity contribution in [3.8, 4) is 0 Å². The third kappa shape index (κ3) is 65.5. The van der Waals surface area contributed by atoms with E-state index >= 15 is 0 Å². The number of hydrogen-bond donors (Lipinski definition) is 2. The van der Waals surface area contributed by atoms with Crippen LogP contribution in [0.1, 0.15) is 0 Å². The van der Waals surface area contributed by atoms with Crippen molar-refractivity contribution in [3.05, 3.63) is 49.1 Å². The Hall–Kier alpha value is -5.44. The molecule has 0 aliphatic rings. The molecule has 18 N–H and O–H groups in total. The third-order valence-corrected chi connectivity index (χ3v) is 2.13. The number of aromatic nitrogens is 2. The quantitative estimate of drug-likeness (QED) is 0.188. The Labute approximate surface area is 265 Å². The van der Waals surface area contributed by atoms with Crippen LogP contribution < -0.4 is 62.3 Å². The number of H-pyrrole nitrogens is 2. The van der Waals surface area contributed by atoms with Crippen molar-refractivity contribution in [2.24, 2.45) is 0 Å². The molecule has 0 aromatic carbocycles. The predicted octanol–water partition coefficient (Wildman–Crippen LogP) is -17.6. The van der Waals surface area contributed by atoms with Gasteiger partial charge in [0.15, 0.2) is 24.8 Å². The summed E-state index contributed by atoms with van der Waals surface area (Å²) in [4.78, 5) is 77.1. The van der Waals surface area contributed by atoms with E-state index in [1.165, 1.54) is 0 Å². The Kier molecular flexibility index (Phi) is 63.7. The van der Waals surface area contributed by atoms with Gasteiger partial charge in [0, 0.05) is 12.1 Å². The summed E-state index contributed by atoms with van der Waals surface area (Å²) < 4.78 is 0. The fourth-order valence-electron chi connectivity index (χ4n) is 0.814. The fourth-order valence-corrected chi connectivity index (χ4v) is 0.814. The van der Waals surface area contributed by atoms with Gasteiger partial charge < -0.3 is 113 Å². The maximum atomic E-state index is 8.93. The van der Waals surface area contributed by atoms with Crippen LogP contribution in [0.15, 0.2) is 49.1 Å². The van der Waals surface area contributed by atoms with Crippen LogP contribution >= 0.6 is 0 Å². The molecule has 0 saturated carbocycles. The van der Waals surface area contributed by atoms with Gasteiger partial charge in [-0.3, -0.25) is 0 Å². The normalized spacial score (nSPS) is 6.73. The molecule has 0 aliphatic heterocycles. The first-order valence-electron chi connectivity index (χ1n) is 8.49. The van der Waals surface area contributed by atoms with Gasteiger partial charge in [0.25, 0.3) is 0 Å². The number of carbonyl (C=O) groups excluding carboxylic acids is 8. The third-order valence-electron chi connectivity index (χ3n) is 2.13. The van der Waals surface area contributed by atoms with Crippen LogP contribution in [0, 0.1) is 0 Å². The molecule has 0 spiro atoms. The van der Waals surface area contributed by atoms with Crippen molar-refractivity contribution in [2.75, 3.05) is 11.5 Å². The number of carbonyl (C=O) groups is 8. The zero-order chi connectivity index (χ0) is 30.8. The molecule has 0 fully saturated rings. The minimum absolute atomic E-state index is 0. The number of anilines is 2. The van der Waals surface area contributed by atoms with Crippen LogP contribution in [0.4, 0.5) is 11.4 Å². The molecule has 2 radical (unpaired) electrons. The van der Waals surface area contributed by atoms with E-state index in [2.05, 4.69) is 9.97 Å². The van der Waals surface area contributed by atoms with Crippen molar-refractivity contribution in [2.45, 2.75) is 0 Å². The molecule has 246 valence electrons. The fraction of sp³-hybridized carbons (Fsp3) is 0. The Balaban J connectivity index is -0.0000000384. The smallest absolute Gasteiger partial charge is 0.543 e. The van der Waals surface area contributed by atoms with Gasteiger partial charge in [-0.15, -0.1) is 0 Å². The molecule has 0 atom stereocenters. The van der Waals surface area contributed by atoms with Crippen LogP contribution in [0.3, 0.4) is 0 Å². The van der Waals surface area contributed by atoms with Gasteiger partial charge >= 0.3 is 34.7 Å². The minimum Gasteiger partial charge on any atom is -0.543 e. The average Bonchev–Trinajstić information content (AvgIpc) is 2.82. The van der Waals surface area contributed by atoms with E-state index in [1.807, 2.05) is 36.7 Å². The Bertz CT molecular complexity index is 895. The summed E-state index contributed by atoms with van der Waals surface area (Å²) in [6.07, 6.45) is 7.10. The number of nitrogens with one attached hydrogen (secondary N) is 2. The van der Waals surface area contributed by atoms with Gasteiger partial charge in [-0.25, -0.2) is 9.97 Å². The number of nitrogen functional groups attached to an aromatic ring is 2. The average molecular weight is 722 g/mol. The summed E-state index contributed by atoms with van der Waals surface area (Å²) in [5.41, 5.74) is 12.2. The molecule has 2 aromatic heterocycles. The van der Waals surface area contributed by atoms with Crippen molar-refractivity contribution >= 4 is 59.1 Å². The van der Waals surface area contributed by atoms with Gasteiger partial charge in [-0.05, 0) is 12.1 Å². The number of pyridine rings is 2. The van der Waals surface area contributed by atoms with E-state index in [-0.39, 0.29) is 56.6 Å². The van der Waals surface area contributed by atoms with Gasteiger partial charge in [-0.2, -0.15) is 0 Å². The molecule has 2 aromatic rings. The van der Waals surface area contributed by atoms with E-state index < -0.39 is 47.8 Å². The summed E-state index contributed by atoms with van der Waals surface area (Å²) in [5.74, 6) is -17.5. The second kappa shape index (κ2) is 42.0. The molecule has 0 saturated heterocycles. The van der Waals surface area contributed by atoms with Crippen LogP contribution in [-0.4, -0.2) is 47.8 Å². The topological polar surface area (TPSA) is 533 Å². The molecule has 0 bridgehead atoms. The van der Waals surface area contributed by atoms with Gasteiger partial charge in [0.2, 0.25) is 0 Å². The molecular formula is C18H26Cr2N4O20+4. The summed E-state index contributed by atoms with van der Waals surface area (Å²) >= 11 is 0. The maximum absolute atomic E-state index is 8.93. The van der Waals surface area contributed by atoms with Crippen LogP contribution in [0.2, 0.25) is 0 Å². The van der Waals surface area contributed by atoms with Gasteiger partial charge in [0.1, 0.15) is 0 Å². The van der Waals surface area contributed by atoms with Gasteiger partial charge in [0.05, 0.1) is 59.1 Å². The van der Waals surface area contributed by atoms with Crippen molar-refractivity contribution in [1.82, 2.24) is 0 Å². The van der Waals surface area contributed by atoms with E-state index in [0.29, 0.717) is 0 Å².